The van der Waals surface area contributed by atoms with E-state index in [1.165, 1.54) is 0 Å². The van der Waals surface area contributed by atoms with E-state index < -0.39 is 0 Å². The molecule has 2 aromatic carbocycles. The summed E-state index contributed by atoms with van der Waals surface area (Å²) in [5.41, 5.74) is 1.07. The lowest BCUT2D eigenvalue weighted by atomic mass is 10.2. The van der Waals surface area contributed by atoms with Gasteiger partial charge in [-0.1, -0.05) is 24.3 Å². The highest BCUT2D eigenvalue weighted by Gasteiger charge is 2.06. The molecule has 3 rings (SSSR count). The van der Waals surface area contributed by atoms with E-state index in [0.717, 1.165) is 22.3 Å². The minimum absolute atomic E-state index is 0.389. The predicted molar refractivity (Wildman–Crippen MR) is 96.6 cm³/mol. The lowest BCUT2D eigenvalue weighted by molar-refractivity contribution is 0.111. The van der Waals surface area contributed by atoms with Gasteiger partial charge in [0, 0.05) is 9.75 Å². The number of para-hydroxylation sites is 2. The van der Waals surface area contributed by atoms with E-state index in [1.54, 1.807) is 47.7 Å². The summed E-state index contributed by atoms with van der Waals surface area (Å²) in [6.45, 7) is 0.779. The molecule has 3 aromatic rings. The van der Waals surface area contributed by atoms with E-state index in [1.807, 2.05) is 24.3 Å². The van der Waals surface area contributed by atoms with Gasteiger partial charge >= 0.3 is 0 Å². The Bertz CT molecular complexity index is 799. The monoisotopic (exact) mass is 352 g/mol. The zero-order valence-electron chi connectivity index (χ0n) is 13.4. The van der Waals surface area contributed by atoms with E-state index in [9.17, 15) is 9.59 Å². The van der Waals surface area contributed by atoms with Gasteiger partial charge in [-0.2, -0.15) is 0 Å². The first-order chi connectivity index (χ1) is 12.3. The minimum Gasteiger partial charge on any atom is -0.487 e. The molecule has 0 saturated carbocycles. The van der Waals surface area contributed by atoms with Gasteiger partial charge in [-0.05, 0) is 36.4 Å². The van der Waals surface area contributed by atoms with Gasteiger partial charge in [0.25, 0.3) is 0 Å². The second kappa shape index (κ2) is 8.26. The molecule has 4 nitrogen and oxygen atoms in total. The smallest absolute Gasteiger partial charge is 0.153 e. The lowest BCUT2D eigenvalue weighted by Crippen LogP contribution is -1.97. The molecular formula is C20H16O4S. The summed E-state index contributed by atoms with van der Waals surface area (Å²) in [5.74, 6) is 1.15. The van der Waals surface area contributed by atoms with Gasteiger partial charge in [-0.3, -0.25) is 9.59 Å². The van der Waals surface area contributed by atoms with Crippen molar-refractivity contribution in [3.05, 3.63) is 81.5 Å². The summed E-state index contributed by atoms with van der Waals surface area (Å²) in [5, 5.41) is 0. The van der Waals surface area contributed by atoms with E-state index in [4.69, 9.17) is 9.47 Å². The zero-order valence-corrected chi connectivity index (χ0v) is 14.2. The number of benzene rings is 2. The van der Waals surface area contributed by atoms with Crippen LogP contribution in [0.25, 0.3) is 0 Å². The van der Waals surface area contributed by atoms with Crippen LogP contribution in [0.4, 0.5) is 0 Å². The molecule has 5 heteroatoms. The highest BCUT2D eigenvalue weighted by Crippen LogP contribution is 2.23. The van der Waals surface area contributed by atoms with Crippen LogP contribution in [0, 0.1) is 0 Å². The lowest BCUT2D eigenvalue weighted by Gasteiger charge is -2.07. The Hall–Kier alpha value is -2.92. The van der Waals surface area contributed by atoms with Crippen molar-refractivity contribution >= 4 is 23.9 Å². The third kappa shape index (κ3) is 4.33. The van der Waals surface area contributed by atoms with Crippen molar-refractivity contribution < 1.29 is 19.1 Å². The van der Waals surface area contributed by atoms with Crippen molar-refractivity contribution in [3.8, 4) is 11.5 Å². The van der Waals surface area contributed by atoms with Crippen LogP contribution in [0.3, 0.4) is 0 Å². The summed E-state index contributed by atoms with van der Waals surface area (Å²) in [6, 6.07) is 18.2. The Balaban J connectivity index is 1.59. The molecule has 25 heavy (non-hydrogen) atoms. The van der Waals surface area contributed by atoms with Crippen molar-refractivity contribution in [1.82, 2.24) is 0 Å². The average molecular weight is 352 g/mol. The highest BCUT2D eigenvalue weighted by atomic mass is 32.1. The molecule has 0 aliphatic rings. The molecule has 0 radical (unpaired) electrons. The maximum atomic E-state index is 11.0. The number of hydrogen-bond donors (Lipinski definition) is 0. The molecule has 0 fully saturated rings. The number of thiophene rings is 1. The highest BCUT2D eigenvalue weighted by molar-refractivity contribution is 7.11. The summed E-state index contributed by atoms with van der Waals surface area (Å²) in [7, 11) is 0. The number of hydrogen-bond acceptors (Lipinski definition) is 5. The maximum absolute atomic E-state index is 11.0. The molecule has 1 aromatic heterocycles. The molecule has 126 valence electrons. The molecule has 0 aliphatic heterocycles. The third-order valence-electron chi connectivity index (χ3n) is 3.55. The van der Waals surface area contributed by atoms with Crippen molar-refractivity contribution in [2.75, 3.05) is 0 Å². The first kappa shape index (κ1) is 16.9. The molecule has 0 spiro atoms. The van der Waals surface area contributed by atoms with E-state index in [0.29, 0.717) is 35.8 Å². The zero-order chi connectivity index (χ0) is 17.5. The number of carbonyl (C=O) groups excluding carboxylic acids is 2. The Labute approximate surface area is 149 Å². The molecule has 0 unspecified atom stereocenters. The van der Waals surface area contributed by atoms with Gasteiger partial charge in [0.2, 0.25) is 0 Å². The van der Waals surface area contributed by atoms with Gasteiger partial charge in [0.15, 0.2) is 12.6 Å². The van der Waals surface area contributed by atoms with Crippen LogP contribution in [-0.2, 0) is 13.2 Å². The standard InChI is InChI=1S/C20H16O4S/c21-11-15-5-1-3-7-19(15)23-13-17-9-10-18(25-17)14-24-20-8-4-2-6-16(20)12-22/h1-12H,13-14H2. The Morgan fingerprint density at radius 2 is 1.12 bits per heavy atom. The maximum Gasteiger partial charge on any atom is 0.153 e. The van der Waals surface area contributed by atoms with Crippen molar-refractivity contribution in [2.45, 2.75) is 13.2 Å². The Morgan fingerprint density at radius 1 is 0.680 bits per heavy atom. The third-order valence-corrected chi connectivity index (χ3v) is 4.58. The molecule has 0 atom stereocenters. The van der Waals surface area contributed by atoms with Gasteiger partial charge in [-0.15, -0.1) is 11.3 Å². The largest absolute Gasteiger partial charge is 0.487 e. The summed E-state index contributed by atoms with van der Waals surface area (Å²) < 4.78 is 11.4. The van der Waals surface area contributed by atoms with Crippen LogP contribution < -0.4 is 9.47 Å². The fourth-order valence-corrected chi connectivity index (χ4v) is 3.14. The number of carbonyl (C=O) groups is 2. The number of aldehydes is 2. The van der Waals surface area contributed by atoms with Gasteiger partial charge < -0.3 is 9.47 Å². The molecule has 0 amide bonds. The molecule has 0 N–H and O–H groups in total. The van der Waals surface area contributed by atoms with Gasteiger partial charge in [0.1, 0.15) is 24.7 Å². The Kier molecular flexibility index (Phi) is 5.59. The van der Waals surface area contributed by atoms with E-state index in [-0.39, 0.29) is 0 Å². The van der Waals surface area contributed by atoms with Crippen LogP contribution in [0.1, 0.15) is 30.5 Å². The second-order valence-corrected chi connectivity index (χ2v) is 6.51. The van der Waals surface area contributed by atoms with Crippen LogP contribution in [0.5, 0.6) is 11.5 Å². The number of ether oxygens (including phenoxy) is 2. The van der Waals surface area contributed by atoms with Crippen LogP contribution >= 0.6 is 11.3 Å². The predicted octanol–water partition coefficient (Wildman–Crippen LogP) is 4.53. The van der Waals surface area contributed by atoms with Crippen LogP contribution in [0.2, 0.25) is 0 Å². The van der Waals surface area contributed by atoms with Crippen molar-refractivity contribution in [3.63, 3.8) is 0 Å². The molecule has 0 bridgehead atoms. The minimum atomic E-state index is 0.389. The van der Waals surface area contributed by atoms with Crippen LogP contribution in [0.15, 0.2) is 60.7 Å². The first-order valence-corrected chi connectivity index (χ1v) is 8.53. The summed E-state index contributed by atoms with van der Waals surface area (Å²) in [4.78, 5) is 24.1. The fraction of sp³-hybridized carbons (Fsp3) is 0.100. The summed E-state index contributed by atoms with van der Waals surface area (Å²) >= 11 is 1.57. The first-order valence-electron chi connectivity index (χ1n) is 7.72. The molecule has 1 heterocycles. The molecular weight excluding hydrogens is 336 g/mol. The summed E-state index contributed by atoms with van der Waals surface area (Å²) in [6.07, 6.45) is 1.57. The molecule has 0 aliphatic carbocycles. The normalized spacial score (nSPS) is 10.2. The van der Waals surface area contributed by atoms with Crippen molar-refractivity contribution in [1.29, 1.82) is 0 Å². The number of rotatable bonds is 8. The topological polar surface area (TPSA) is 52.6 Å². The average Bonchev–Trinajstić information content (AvgIpc) is 3.13. The second-order valence-electron chi connectivity index (χ2n) is 5.26. The quantitative estimate of drug-likeness (QED) is 0.559. The molecule has 0 saturated heterocycles. The van der Waals surface area contributed by atoms with Crippen molar-refractivity contribution in [2.24, 2.45) is 0 Å². The van der Waals surface area contributed by atoms with E-state index >= 15 is 0 Å². The van der Waals surface area contributed by atoms with Gasteiger partial charge in [0.05, 0.1) is 11.1 Å². The SMILES string of the molecule is O=Cc1ccccc1OCc1ccc(COc2ccccc2C=O)s1. The fourth-order valence-electron chi connectivity index (χ4n) is 2.29. The van der Waals surface area contributed by atoms with E-state index in [2.05, 4.69) is 0 Å². The van der Waals surface area contributed by atoms with Gasteiger partial charge in [-0.25, -0.2) is 0 Å². The van der Waals surface area contributed by atoms with Crippen LogP contribution in [-0.4, -0.2) is 12.6 Å². The Morgan fingerprint density at radius 3 is 1.56 bits per heavy atom.